The van der Waals surface area contributed by atoms with E-state index in [0.29, 0.717) is 16.9 Å². The molecule has 10 nitrogen and oxygen atoms in total. The van der Waals surface area contributed by atoms with Crippen LogP contribution in [-0.4, -0.2) is 42.4 Å². The number of nitrogens with one attached hydrogen (secondary N) is 1. The third-order valence-corrected chi connectivity index (χ3v) is 5.58. The second-order valence-electron chi connectivity index (χ2n) is 7.86. The summed E-state index contributed by atoms with van der Waals surface area (Å²) in [6.07, 6.45) is 6.60. The molecule has 0 aliphatic rings. The van der Waals surface area contributed by atoms with Crippen molar-refractivity contribution in [2.24, 2.45) is 0 Å². The van der Waals surface area contributed by atoms with E-state index >= 15 is 0 Å². The first-order chi connectivity index (χ1) is 16.9. The van der Waals surface area contributed by atoms with Crippen LogP contribution in [0, 0.1) is 5.82 Å². The topological polar surface area (TPSA) is 125 Å². The van der Waals surface area contributed by atoms with E-state index in [1.807, 2.05) is 13.0 Å². The Morgan fingerprint density at radius 2 is 1.94 bits per heavy atom. The number of aromatic nitrogens is 6. The number of carbonyl (C=O) groups is 1. The highest BCUT2D eigenvalue weighted by Gasteiger charge is 2.18. The number of pyridine rings is 2. The molecular formula is C24H21FN8O2. The average Bonchev–Trinajstić information content (AvgIpc) is 3.48. The summed E-state index contributed by atoms with van der Waals surface area (Å²) in [6, 6.07) is 11.4. The normalized spacial score (nSPS) is 12.0. The number of amides is 1. The molecule has 0 aliphatic heterocycles. The van der Waals surface area contributed by atoms with Gasteiger partial charge in [-0.15, -0.1) is 5.10 Å². The van der Waals surface area contributed by atoms with Gasteiger partial charge in [0.2, 0.25) is 11.8 Å². The van der Waals surface area contributed by atoms with E-state index in [1.54, 1.807) is 58.3 Å². The fourth-order valence-electron chi connectivity index (χ4n) is 3.72. The molecule has 1 unspecified atom stereocenters. The largest absolute Gasteiger partial charge is 0.480 e. The maximum Gasteiger partial charge on any atom is 0.261 e. The third-order valence-electron chi connectivity index (χ3n) is 5.58. The molecule has 0 saturated carbocycles. The standard InChI is InChI=1S/C24H21FN8O2/c1-14(15-3-5-18(25)6-4-15)33-13-19(12-28-33)29-22(34)20-9-17(11-27-23(20)35-2)16-7-8-32-21(10-16)30-24(26)31-32/h3-14H,1-2H3,(H2,26,31)(H,29,34). The predicted octanol–water partition coefficient (Wildman–Crippen LogP) is 3.58. The van der Waals surface area contributed by atoms with Crippen molar-refractivity contribution < 1.29 is 13.9 Å². The monoisotopic (exact) mass is 472 g/mol. The molecule has 5 aromatic rings. The third kappa shape index (κ3) is 4.38. The number of ether oxygens (including phenoxy) is 1. The van der Waals surface area contributed by atoms with Crippen LogP contribution in [0.2, 0.25) is 0 Å². The zero-order chi connectivity index (χ0) is 24.5. The van der Waals surface area contributed by atoms with Gasteiger partial charge < -0.3 is 15.8 Å². The molecule has 0 aliphatic carbocycles. The number of methoxy groups -OCH3 is 1. The molecule has 1 amide bonds. The van der Waals surface area contributed by atoms with E-state index in [9.17, 15) is 9.18 Å². The summed E-state index contributed by atoms with van der Waals surface area (Å²) in [5.41, 5.74) is 9.36. The summed E-state index contributed by atoms with van der Waals surface area (Å²) in [7, 11) is 1.45. The Balaban J connectivity index is 1.39. The van der Waals surface area contributed by atoms with E-state index < -0.39 is 5.91 Å². The van der Waals surface area contributed by atoms with Crippen LogP contribution in [0.4, 0.5) is 16.0 Å². The fraction of sp³-hybridized carbons (Fsp3) is 0.125. The lowest BCUT2D eigenvalue weighted by atomic mass is 10.1. The number of hydrogen-bond donors (Lipinski definition) is 2. The molecule has 0 fully saturated rings. The number of halogens is 1. The van der Waals surface area contributed by atoms with Gasteiger partial charge in [0, 0.05) is 24.2 Å². The molecule has 11 heteroatoms. The molecule has 176 valence electrons. The molecule has 0 bridgehead atoms. The van der Waals surface area contributed by atoms with Gasteiger partial charge in [0.15, 0.2) is 5.65 Å². The van der Waals surface area contributed by atoms with Crippen molar-refractivity contribution in [3.63, 3.8) is 0 Å². The van der Waals surface area contributed by atoms with E-state index in [4.69, 9.17) is 10.5 Å². The van der Waals surface area contributed by atoms with Crippen molar-refractivity contribution in [1.82, 2.24) is 29.4 Å². The van der Waals surface area contributed by atoms with Gasteiger partial charge in [0.05, 0.1) is 25.0 Å². The lowest BCUT2D eigenvalue weighted by molar-refractivity contribution is 0.102. The highest BCUT2D eigenvalue weighted by Crippen LogP contribution is 2.26. The second kappa shape index (κ2) is 8.86. The van der Waals surface area contributed by atoms with Crippen LogP contribution in [-0.2, 0) is 0 Å². The highest BCUT2D eigenvalue weighted by atomic mass is 19.1. The summed E-state index contributed by atoms with van der Waals surface area (Å²) in [6.45, 7) is 1.93. The molecule has 1 aromatic carbocycles. The van der Waals surface area contributed by atoms with Crippen molar-refractivity contribution in [2.45, 2.75) is 13.0 Å². The number of benzene rings is 1. The smallest absolute Gasteiger partial charge is 0.261 e. The minimum absolute atomic E-state index is 0.151. The second-order valence-corrected chi connectivity index (χ2v) is 7.86. The molecule has 5 rings (SSSR count). The van der Waals surface area contributed by atoms with Crippen molar-refractivity contribution >= 4 is 23.2 Å². The Hall–Kier alpha value is -4.80. The van der Waals surface area contributed by atoms with Gasteiger partial charge in [0.1, 0.15) is 11.4 Å². The van der Waals surface area contributed by atoms with Crippen LogP contribution in [0.3, 0.4) is 0 Å². The van der Waals surface area contributed by atoms with Crippen molar-refractivity contribution in [3.05, 3.63) is 84.2 Å². The molecule has 0 radical (unpaired) electrons. The van der Waals surface area contributed by atoms with Gasteiger partial charge in [-0.2, -0.15) is 10.1 Å². The molecule has 1 atom stereocenters. The van der Waals surface area contributed by atoms with Gasteiger partial charge in [0.25, 0.3) is 5.91 Å². The molecule has 35 heavy (non-hydrogen) atoms. The number of nitrogens with zero attached hydrogens (tertiary/aromatic N) is 6. The van der Waals surface area contributed by atoms with E-state index in [-0.39, 0.29) is 29.3 Å². The summed E-state index contributed by atoms with van der Waals surface area (Å²) in [5, 5.41) is 11.2. The Kier molecular flexibility index (Phi) is 5.57. The highest BCUT2D eigenvalue weighted by molar-refractivity contribution is 6.06. The number of carbonyl (C=O) groups excluding carboxylic acids is 1. The quantitative estimate of drug-likeness (QED) is 0.387. The number of nitrogens with two attached hydrogens (primary N) is 1. The maximum absolute atomic E-state index is 13.2. The number of nitrogen functional groups attached to an aromatic ring is 1. The summed E-state index contributed by atoms with van der Waals surface area (Å²) in [5.74, 6) is -0.349. The molecule has 0 saturated heterocycles. The van der Waals surface area contributed by atoms with E-state index in [0.717, 1.165) is 11.1 Å². The van der Waals surface area contributed by atoms with Crippen LogP contribution in [0.1, 0.15) is 28.9 Å². The molecule has 3 N–H and O–H groups in total. The average molecular weight is 472 g/mol. The number of hydrogen-bond acceptors (Lipinski definition) is 7. The van der Waals surface area contributed by atoms with Crippen LogP contribution >= 0.6 is 0 Å². The first kappa shape index (κ1) is 22.0. The van der Waals surface area contributed by atoms with Crippen LogP contribution in [0.15, 0.2) is 67.3 Å². The molecule has 4 heterocycles. The predicted molar refractivity (Wildman–Crippen MR) is 128 cm³/mol. The maximum atomic E-state index is 13.2. The summed E-state index contributed by atoms with van der Waals surface area (Å²) < 4.78 is 21.8. The zero-order valence-corrected chi connectivity index (χ0v) is 18.9. The summed E-state index contributed by atoms with van der Waals surface area (Å²) >= 11 is 0. The Morgan fingerprint density at radius 1 is 1.14 bits per heavy atom. The van der Waals surface area contributed by atoms with Gasteiger partial charge >= 0.3 is 0 Å². The van der Waals surface area contributed by atoms with Gasteiger partial charge in [-0.3, -0.25) is 9.48 Å². The van der Waals surface area contributed by atoms with Crippen LogP contribution in [0.5, 0.6) is 5.88 Å². The SMILES string of the molecule is COc1ncc(-c2ccn3nc(N)nc3c2)cc1C(=O)Nc1cnn(C(C)c2ccc(F)cc2)c1. The fourth-order valence-corrected chi connectivity index (χ4v) is 3.72. The first-order valence-electron chi connectivity index (χ1n) is 10.7. The minimum Gasteiger partial charge on any atom is -0.480 e. The number of fused-ring (bicyclic) bond motifs is 1. The van der Waals surface area contributed by atoms with Gasteiger partial charge in [-0.25, -0.2) is 13.9 Å². The molecular weight excluding hydrogens is 451 g/mol. The zero-order valence-electron chi connectivity index (χ0n) is 18.9. The van der Waals surface area contributed by atoms with E-state index in [2.05, 4.69) is 25.5 Å². The Labute approximate surface area is 199 Å². The number of anilines is 2. The van der Waals surface area contributed by atoms with Crippen molar-refractivity contribution in [1.29, 1.82) is 0 Å². The number of rotatable bonds is 6. The lowest BCUT2D eigenvalue weighted by Gasteiger charge is -2.12. The van der Waals surface area contributed by atoms with Crippen molar-refractivity contribution in [2.75, 3.05) is 18.2 Å². The lowest BCUT2D eigenvalue weighted by Crippen LogP contribution is -2.14. The van der Waals surface area contributed by atoms with Crippen molar-refractivity contribution in [3.8, 4) is 17.0 Å². The Morgan fingerprint density at radius 3 is 2.71 bits per heavy atom. The minimum atomic E-state index is -0.405. The van der Waals surface area contributed by atoms with Gasteiger partial charge in [-0.1, -0.05) is 12.1 Å². The van der Waals surface area contributed by atoms with Crippen LogP contribution < -0.4 is 15.8 Å². The first-order valence-corrected chi connectivity index (χ1v) is 10.7. The molecule has 0 spiro atoms. The summed E-state index contributed by atoms with van der Waals surface area (Å²) in [4.78, 5) is 21.6. The molecule has 4 aromatic heterocycles. The van der Waals surface area contributed by atoms with E-state index in [1.165, 1.54) is 19.2 Å². The van der Waals surface area contributed by atoms with Gasteiger partial charge in [-0.05, 0) is 48.4 Å². The van der Waals surface area contributed by atoms with Crippen LogP contribution in [0.25, 0.3) is 16.8 Å². The Bertz CT molecular complexity index is 1530.